The average Bonchev–Trinajstić information content (AvgIpc) is 3.30. The Hall–Kier alpha value is -5.47. The first-order valence-corrected chi connectivity index (χ1v) is 25.8. The third-order valence-electron chi connectivity index (χ3n) is 12.5. The van der Waals surface area contributed by atoms with E-state index in [-0.39, 0.29) is 63.2 Å². The summed E-state index contributed by atoms with van der Waals surface area (Å²) >= 11 is 0. The van der Waals surface area contributed by atoms with Crippen molar-refractivity contribution in [2.45, 2.75) is 218 Å². The monoisotopic (exact) mass is 1010 g/mol. The van der Waals surface area contributed by atoms with Gasteiger partial charge in [-0.15, -0.1) is 0 Å². The molecule has 0 bridgehead atoms. The molecule has 0 aliphatic rings. The fraction of sp³-hybridized carbons (Fsp3) is 0.780. The highest BCUT2D eigenvalue weighted by atomic mass is 16.4. The van der Waals surface area contributed by atoms with Crippen molar-refractivity contribution < 1.29 is 78.3 Å². The first-order chi connectivity index (χ1) is 33.8. The molecule has 12 N–H and O–H groups in total. The van der Waals surface area contributed by atoms with Crippen molar-refractivity contribution >= 4 is 65.0 Å². The van der Waals surface area contributed by atoms with Crippen LogP contribution >= 0.6 is 0 Å². The van der Waals surface area contributed by atoms with Crippen molar-refractivity contribution in [1.29, 1.82) is 0 Å². The third kappa shape index (κ3) is 37.0. The van der Waals surface area contributed by atoms with Gasteiger partial charge in [0.05, 0.1) is 11.8 Å². The quantitative estimate of drug-likeness (QED) is 0.0341. The minimum atomic E-state index is -1.56. The zero-order valence-electron chi connectivity index (χ0n) is 41.8. The smallest absolute Gasteiger partial charge is 0.326 e. The molecule has 0 heterocycles. The van der Waals surface area contributed by atoms with Crippen LogP contribution in [0.4, 0.5) is 0 Å². The molecule has 0 saturated carbocycles. The fourth-order valence-corrected chi connectivity index (χ4v) is 8.15. The Morgan fingerprint density at radius 2 is 0.746 bits per heavy atom. The number of hydrogen-bond acceptors (Lipinski definition) is 12. The van der Waals surface area contributed by atoms with Crippen LogP contribution in [0, 0.1) is 17.8 Å². The summed E-state index contributed by atoms with van der Waals surface area (Å²) in [6.07, 6.45) is 16.0. The van der Waals surface area contributed by atoms with Crippen molar-refractivity contribution in [3.8, 4) is 0 Å². The van der Waals surface area contributed by atoms with Gasteiger partial charge in [-0.2, -0.15) is 0 Å². The van der Waals surface area contributed by atoms with E-state index in [2.05, 4.69) is 16.0 Å². The third-order valence-corrected chi connectivity index (χ3v) is 12.5. The fourth-order valence-electron chi connectivity index (χ4n) is 8.15. The Bertz CT molecular complexity index is 1660. The molecule has 71 heavy (non-hydrogen) atoms. The maximum Gasteiger partial charge on any atom is 0.326 e. The molecule has 5 atom stereocenters. The molecule has 0 aliphatic heterocycles. The second kappa shape index (κ2) is 41.2. The van der Waals surface area contributed by atoms with Crippen LogP contribution < -0.4 is 27.4 Å². The van der Waals surface area contributed by atoms with Crippen LogP contribution in [0.25, 0.3) is 0 Å². The van der Waals surface area contributed by atoms with Crippen LogP contribution in [-0.2, 0) is 52.7 Å². The van der Waals surface area contributed by atoms with Crippen molar-refractivity contribution in [3.63, 3.8) is 0 Å². The number of carbonyl (C=O) groups is 11. The number of nitrogens with two attached hydrogens (primary N) is 2. The van der Waals surface area contributed by atoms with Crippen LogP contribution in [-0.4, -0.2) is 116 Å². The largest absolute Gasteiger partial charge is 0.481 e. The Morgan fingerprint density at radius 1 is 0.366 bits per heavy atom. The minimum Gasteiger partial charge on any atom is -0.481 e. The summed E-state index contributed by atoms with van der Waals surface area (Å²) in [5, 5.41) is 54.4. The number of ketones is 2. The summed E-state index contributed by atoms with van der Waals surface area (Å²) in [5.74, 6) is -12.7. The molecular weight excluding hydrogens is 927 g/mol. The highest BCUT2D eigenvalue weighted by Crippen LogP contribution is 2.19. The number of nitrogens with one attached hydrogen (secondary N) is 3. The van der Waals surface area contributed by atoms with Crippen LogP contribution in [0.1, 0.15) is 205 Å². The Kier molecular flexibility index (Phi) is 38.0. The second-order valence-electron chi connectivity index (χ2n) is 18.7. The first kappa shape index (κ1) is 65.5. The summed E-state index contributed by atoms with van der Waals surface area (Å²) < 4.78 is 0. The van der Waals surface area contributed by atoms with Gasteiger partial charge in [-0.1, -0.05) is 96.3 Å². The van der Waals surface area contributed by atoms with Crippen molar-refractivity contribution in [2.24, 2.45) is 29.2 Å². The number of aliphatic carboxylic acids is 5. The molecular formula is C50H85N5O16. The van der Waals surface area contributed by atoms with Gasteiger partial charge in [0.2, 0.25) is 23.6 Å². The lowest BCUT2D eigenvalue weighted by atomic mass is 9.94. The van der Waals surface area contributed by atoms with Gasteiger partial charge in [0.15, 0.2) is 0 Å². The molecule has 0 aromatic rings. The minimum absolute atomic E-state index is 0.219. The van der Waals surface area contributed by atoms with Crippen LogP contribution in [0.3, 0.4) is 0 Å². The van der Waals surface area contributed by atoms with E-state index in [1.165, 1.54) is 38.5 Å². The van der Waals surface area contributed by atoms with E-state index in [1.807, 2.05) is 0 Å². The topological polar surface area (TPSA) is 377 Å². The standard InChI is InChI=1S/C50H85N5O16/c51-31-30-35(46(52)63)19-17-18-32-53-42(58)29-26-41(50(70)71)55-44(60)28-23-37(48(66)67)34-39(57)24-25-40(49(68)69)54-43(59)27-22-36(47(64)65)33-38(56)20-15-13-11-9-7-5-3-1-2-4-6-8-10-12-14-16-21-45(61)62/h35-37,40-41H,1-34,51H2,(H2,52,63)(H,53,58)(H,54,59)(H,55,60)(H,61,62)(H,64,65)(H,66,67)(H,68,69)(H,70,71)/t35-,36-,37-,40+,41+/m1/s1. The van der Waals surface area contributed by atoms with Gasteiger partial charge < -0.3 is 53.0 Å². The van der Waals surface area contributed by atoms with E-state index in [9.17, 15) is 73.2 Å². The zero-order valence-corrected chi connectivity index (χ0v) is 41.8. The normalized spacial score (nSPS) is 13.2. The molecule has 21 heteroatoms. The molecule has 0 rings (SSSR count). The number of unbranched alkanes of at least 4 members (excludes halogenated alkanes) is 16. The SMILES string of the molecule is NCC[C@@H](CCCCNC(=O)CC[C@H](NC(=O)CC[C@H](CC(=O)CC[C@H](NC(=O)CC[C@H](CC(=O)CCCCCCCCCCCCCCCCCCC(=O)O)C(=O)O)C(=O)O)C(=O)O)C(=O)O)C(N)=O. The van der Waals surface area contributed by atoms with Crippen LogP contribution in [0.2, 0.25) is 0 Å². The molecule has 0 saturated heterocycles. The number of primary amides is 1. The van der Waals surface area contributed by atoms with E-state index in [0.717, 1.165) is 57.8 Å². The molecule has 0 unspecified atom stereocenters. The summed E-state index contributed by atoms with van der Waals surface area (Å²) in [4.78, 5) is 132. The maximum absolute atomic E-state index is 12.7. The van der Waals surface area contributed by atoms with Gasteiger partial charge in [-0.25, -0.2) is 9.59 Å². The number of hydrogen-bond donors (Lipinski definition) is 10. The summed E-state index contributed by atoms with van der Waals surface area (Å²) in [6, 6.07) is -3.02. The lowest BCUT2D eigenvalue weighted by molar-refractivity contribution is -0.145. The molecule has 21 nitrogen and oxygen atoms in total. The Balaban J connectivity index is 4.53. The lowest BCUT2D eigenvalue weighted by Crippen LogP contribution is -2.42. The number of amides is 4. The summed E-state index contributed by atoms with van der Waals surface area (Å²) in [5.41, 5.74) is 10.8. The average molecular weight is 1010 g/mol. The van der Waals surface area contributed by atoms with E-state index in [4.69, 9.17) is 16.6 Å². The number of Topliss-reactive ketones (excluding diaryl/α,β-unsaturated/α-hetero) is 2. The Labute approximate surface area is 418 Å². The van der Waals surface area contributed by atoms with Crippen LogP contribution in [0.5, 0.6) is 0 Å². The Morgan fingerprint density at radius 3 is 1.13 bits per heavy atom. The highest BCUT2D eigenvalue weighted by molar-refractivity contribution is 5.88. The zero-order chi connectivity index (χ0) is 53.4. The van der Waals surface area contributed by atoms with Crippen molar-refractivity contribution in [2.75, 3.05) is 13.1 Å². The van der Waals surface area contributed by atoms with Gasteiger partial charge in [-0.05, 0) is 64.3 Å². The van der Waals surface area contributed by atoms with Gasteiger partial charge in [0.25, 0.3) is 0 Å². The molecule has 0 fully saturated rings. The first-order valence-electron chi connectivity index (χ1n) is 25.8. The van der Waals surface area contributed by atoms with E-state index in [1.54, 1.807) is 0 Å². The number of carboxylic acids is 5. The molecule has 0 spiro atoms. The van der Waals surface area contributed by atoms with Gasteiger partial charge >= 0.3 is 29.8 Å². The summed E-state index contributed by atoms with van der Waals surface area (Å²) in [6.45, 7) is 0.585. The molecule has 0 aromatic carbocycles. The predicted molar refractivity (Wildman–Crippen MR) is 262 cm³/mol. The number of carbonyl (C=O) groups excluding carboxylic acids is 6. The number of carboxylic acid groups (broad SMARTS) is 5. The van der Waals surface area contributed by atoms with Gasteiger partial charge in [-0.3, -0.25) is 43.2 Å². The van der Waals surface area contributed by atoms with Crippen LogP contribution in [0.15, 0.2) is 0 Å². The van der Waals surface area contributed by atoms with E-state index >= 15 is 0 Å². The van der Waals surface area contributed by atoms with Gasteiger partial charge in [0.1, 0.15) is 23.7 Å². The number of rotatable bonds is 49. The molecule has 0 aromatic heterocycles. The van der Waals surface area contributed by atoms with Crippen molar-refractivity contribution in [3.05, 3.63) is 0 Å². The maximum atomic E-state index is 12.7. The van der Waals surface area contributed by atoms with Gasteiger partial charge in [0, 0.05) is 63.8 Å². The predicted octanol–water partition coefficient (Wildman–Crippen LogP) is 5.41. The lowest BCUT2D eigenvalue weighted by Gasteiger charge is -2.17. The molecule has 0 aliphatic carbocycles. The molecule has 4 amide bonds. The molecule has 0 radical (unpaired) electrons. The van der Waals surface area contributed by atoms with E-state index < -0.39 is 115 Å². The van der Waals surface area contributed by atoms with E-state index in [0.29, 0.717) is 38.6 Å². The highest BCUT2D eigenvalue weighted by Gasteiger charge is 2.28. The molecule has 406 valence electrons. The summed E-state index contributed by atoms with van der Waals surface area (Å²) in [7, 11) is 0. The van der Waals surface area contributed by atoms with Crippen molar-refractivity contribution in [1.82, 2.24) is 16.0 Å². The second-order valence-corrected chi connectivity index (χ2v) is 18.7.